The van der Waals surface area contributed by atoms with E-state index in [4.69, 9.17) is 0 Å². The average Bonchev–Trinajstić information content (AvgIpc) is 2.87. The van der Waals surface area contributed by atoms with E-state index in [0.717, 1.165) is 11.0 Å². The summed E-state index contributed by atoms with van der Waals surface area (Å²) >= 11 is 0. The van der Waals surface area contributed by atoms with Crippen molar-refractivity contribution >= 4 is 27.0 Å². The summed E-state index contributed by atoms with van der Waals surface area (Å²) in [6.45, 7) is 0.226. The van der Waals surface area contributed by atoms with Gasteiger partial charge in [-0.15, -0.1) is 0 Å². The van der Waals surface area contributed by atoms with E-state index in [0.29, 0.717) is 12.2 Å². The van der Waals surface area contributed by atoms with Gasteiger partial charge >= 0.3 is 5.97 Å². The molecule has 7 nitrogen and oxygen atoms in total. The lowest BCUT2D eigenvalue weighted by atomic mass is 10.3. The number of fused-ring (bicyclic) bond motifs is 1. The molecule has 0 aliphatic rings. The Morgan fingerprint density at radius 2 is 2.14 bits per heavy atom. The van der Waals surface area contributed by atoms with Gasteiger partial charge in [-0.3, -0.25) is 4.79 Å². The van der Waals surface area contributed by atoms with Crippen molar-refractivity contribution in [2.24, 2.45) is 0 Å². The maximum absolute atomic E-state index is 11.7. The summed E-state index contributed by atoms with van der Waals surface area (Å²) in [6, 6.07) is 7.59. The van der Waals surface area contributed by atoms with Gasteiger partial charge in [-0.05, 0) is 12.1 Å². The highest BCUT2D eigenvalue weighted by atomic mass is 32.2. The monoisotopic (exact) mass is 311 g/mol. The van der Waals surface area contributed by atoms with Crippen LogP contribution in [0.2, 0.25) is 0 Å². The number of carbonyl (C=O) groups excluding carboxylic acids is 1. The molecule has 0 unspecified atom stereocenters. The molecule has 0 fully saturated rings. The number of sulfonamides is 1. The number of aromatic amines is 1. The summed E-state index contributed by atoms with van der Waals surface area (Å²) in [4.78, 5) is 18.4. The maximum atomic E-state index is 11.7. The Hall–Kier alpha value is -1.93. The van der Waals surface area contributed by atoms with Gasteiger partial charge in [0, 0.05) is 13.0 Å². The number of benzene rings is 1. The minimum absolute atomic E-state index is 0.156. The number of esters is 1. The Morgan fingerprint density at radius 3 is 2.86 bits per heavy atom. The summed E-state index contributed by atoms with van der Waals surface area (Å²) in [6.07, 6.45) is 0.294. The van der Waals surface area contributed by atoms with Gasteiger partial charge in [-0.1, -0.05) is 12.1 Å². The molecule has 0 aliphatic carbocycles. The zero-order valence-electron chi connectivity index (χ0n) is 11.6. The van der Waals surface area contributed by atoms with Crippen LogP contribution in [0.3, 0.4) is 0 Å². The van der Waals surface area contributed by atoms with E-state index >= 15 is 0 Å². The number of carbonyl (C=O) groups is 1. The van der Waals surface area contributed by atoms with Gasteiger partial charge in [0.2, 0.25) is 10.0 Å². The van der Waals surface area contributed by atoms with Gasteiger partial charge in [0.05, 0.1) is 30.3 Å². The Balaban J connectivity index is 1.84. The van der Waals surface area contributed by atoms with Gasteiger partial charge < -0.3 is 9.72 Å². The molecule has 0 bridgehead atoms. The van der Waals surface area contributed by atoms with Gasteiger partial charge in [-0.25, -0.2) is 18.1 Å². The molecule has 0 amide bonds. The van der Waals surface area contributed by atoms with Crippen LogP contribution in [0.4, 0.5) is 0 Å². The molecule has 114 valence electrons. The topological polar surface area (TPSA) is 101 Å². The zero-order chi connectivity index (χ0) is 15.3. The second-order valence-corrected chi connectivity index (χ2v) is 6.42. The molecule has 0 saturated carbocycles. The SMILES string of the molecule is COC(=O)CCS(=O)(=O)NCCc1nc2ccccc2[nH]1. The van der Waals surface area contributed by atoms with Crippen molar-refractivity contribution in [1.82, 2.24) is 14.7 Å². The maximum Gasteiger partial charge on any atom is 0.306 e. The number of aromatic nitrogens is 2. The van der Waals surface area contributed by atoms with Crippen LogP contribution in [-0.4, -0.2) is 43.8 Å². The Labute approximate surface area is 122 Å². The van der Waals surface area contributed by atoms with Gasteiger partial charge in [-0.2, -0.15) is 0 Å². The molecule has 1 aromatic heterocycles. The Morgan fingerprint density at radius 1 is 1.38 bits per heavy atom. The molecular formula is C13H17N3O4S. The minimum atomic E-state index is -3.48. The number of nitrogens with one attached hydrogen (secondary N) is 2. The largest absolute Gasteiger partial charge is 0.469 e. The van der Waals surface area contributed by atoms with Crippen molar-refractivity contribution in [1.29, 1.82) is 0 Å². The number of H-pyrrole nitrogens is 1. The minimum Gasteiger partial charge on any atom is -0.469 e. The van der Waals surface area contributed by atoms with E-state index in [9.17, 15) is 13.2 Å². The lowest BCUT2D eigenvalue weighted by molar-refractivity contribution is -0.140. The molecule has 21 heavy (non-hydrogen) atoms. The van der Waals surface area contributed by atoms with E-state index in [-0.39, 0.29) is 18.7 Å². The van der Waals surface area contributed by atoms with Crippen LogP contribution in [0.15, 0.2) is 24.3 Å². The predicted molar refractivity (Wildman–Crippen MR) is 78.2 cm³/mol. The Bertz CT molecular complexity index is 691. The van der Waals surface area contributed by atoms with Crippen LogP contribution in [0.5, 0.6) is 0 Å². The lowest BCUT2D eigenvalue weighted by Crippen LogP contribution is -2.29. The molecule has 0 saturated heterocycles. The van der Waals surface area contributed by atoms with Gasteiger partial charge in [0.1, 0.15) is 5.82 Å². The molecule has 1 heterocycles. The average molecular weight is 311 g/mol. The molecule has 0 aliphatic heterocycles. The molecular weight excluding hydrogens is 294 g/mol. The quantitative estimate of drug-likeness (QED) is 0.729. The molecule has 1 aromatic carbocycles. The molecule has 8 heteroatoms. The van der Waals surface area contributed by atoms with E-state index in [1.807, 2.05) is 24.3 Å². The molecule has 0 spiro atoms. The molecule has 0 atom stereocenters. The van der Waals surface area contributed by atoms with Crippen molar-refractivity contribution in [3.63, 3.8) is 0 Å². The van der Waals surface area contributed by atoms with Gasteiger partial charge in [0.25, 0.3) is 0 Å². The van der Waals surface area contributed by atoms with Crippen molar-refractivity contribution in [3.05, 3.63) is 30.1 Å². The summed E-state index contributed by atoms with van der Waals surface area (Å²) in [5.74, 6) is -0.107. The first-order valence-corrected chi connectivity index (χ1v) is 8.13. The summed E-state index contributed by atoms with van der Waals surface area (Å²) in [7, 11) is -2.25. The summed E-state index contributed by atoms with van der Waals surface area (Å²) in [5.41, 5.74) is 1.77. The van der Waals surface area contributed by atoms with E-state index in [1.165, 1.54) is 7.11 Å². The molecule has 2 aromatic rings. The third kappa shape index (κ3) is 4.54. The number of rotatable bonds is 7. The fourth-order valence-corrected chi connectivity index (χ4v) is 2.83. The fourth-order valence-electron chi connectivity index (χ4n) is 1.84. The number of imidazole rings is 1. The third-order valence-electron chi connectivity index (χ3n) is 2.92. The van der Waals surface area contributed by atoms with Crippen molar-refractivity contribution in [3.8, 4) is 0 Å². The highest BCUT2D eigenvalue weighted by Crippen LogP contribution is 2.10. The fraction of sp³-hybridized carbons (Fsp3) is 0.385. The van der Waals surface area contributed by atoms with Crippen molar-refractivity contribution < 1.29 is 17.9 Å². The second-order valence-electron chi connectivity index (χ2n) is 4.49. The normalized spacial score (nSPS) is 11.7. The van der Waals surface area contributed by atoms with Crippen molar-refractivity contribution in [2.45, 2.75) is 12.8 Å². The van der Waals surface area contributed by atoms with E-state index < -0.39 is 16.0 Å². The van der Waals surface area contributed by atoms with Crippen LogP contribution in [0.1, 0.15) is 12.2 Å². The first kappa shape index (κ1) is 15.5. The molecule has 0 radical (unpaired) electrons. The second kappa shape index (κ2) is 6.68. The van der Waals surface area contributed by atoms with E-state index in [1.54, 1.807) is 0 Å². The smallest absolute Gasteiger partial charge is 0.306 e. The number of hydrogen-bond donors (Lipinski definition) is 2. The van der Waals surface area contributed by atoms with Crippen LogP contribution in [0, 0.1) is 0 Å². The number of ether oxygens (including phenoxy) is 1. The summed E-state index contributed by atoms with van der Waals surface area (Å²) in [5, 5.41) is 0. The zero-order valence-corrected chi connectivity index (χ0v) is 12.4. The van der Waals surface area contributed by atoms with Crippen LogP contribution in [-0.2, 0) is 26.0 Å². The highest BCUT2D eigenvalue weighted by molar-refractivity contribution is 7.89. The van der Waals surface area contributed by atoms with Crippen LogP contribution < -0.4 is 4.72 Å². The number of hydrogen-bond acceptors (Lipinski definition) is 5. The van der Waals surface area contributed by atoms with Gasteiger partial charge in [0.15, 0.2) is 0 Å². The first-order valence-electron chi connectivity index (χ1n) is 6.48. The lowest BCUT2D eigenvalue weighted by Gasteiger charge is -2.04. The number of para-hydroxylation sites is 2. The third-order valence-corrected chi connectivity index (χ3v) is 4.31. The molecule has 2 rings (SSSR count). The number of methoxy groups -OCH3 is 1. The summed E-state index contributed by atoms with van der Waals surface area (Å²) < 4.78 is 30.2. The van der Waals surface area contributed by atoms with E-state index in [2.05, 4.69) is 19.4 Å². The van der Waals surface area contributed by atoms with Crippen molar-refractivity contribution in [2.75, 3.05) is 19.4 Å². The highest BCUT2D eigenvalue weighted by Gasteiger charge is 2.13. The molecule has 2 N–H and O–H groups in total. The first-order chi connectivity index (χ1) is 10.00. The van der Waals surface area contributed by atoms with Crippen LogP contribution >= 0.6 is 0 Å². The van der Waals surface area contributed by atoms with Crippen LogP contribution in [0.25, 0.3) is 11.0 Å². The number of nitrogens with zero attached hydrogens (tertiary/aromatic N) is 1. The predicted octanol–water partition coefficient (Wildman–Crippen LogP) is 0.588. The Kier molecular flexibility index (Phi) is 4.92. The standard InChI is InChI=1S/C13H17N3O4S/c1-20-13(17)7-9-21(18,19)14-8-6-12-15-10-4-2-3-5-11(10)16-12/h2-5,14H,6-9H2,1H3,(H,15,16).